The van der Waals surface area contributed by atoms with Crippen molar-refractivity contribution in [2.45, 2.75) is 16.1 Å². The summed E-state index contributed by atoms with van der Waals surface area (Å²) in [6, 6.07) is 17.3. The largest absolute Gasteiger partial charge is 0.507 e. The molecule has 3 heterocycles. The number of carbonyl (C=O) groups excluding carboxylic acids is 2. The van der Waals surface area contributed by atoms with Crippen LogP contribution in [0.25, 0.3) is 5.76 Å². The van der Waals surface area contributed by atoms with Gasteiger partial charge in [-0.3, -0.25) is 19.5 Å². The molecule has 174 valence electrons. The minimum absolute atomic E-state index is 0.122. The van der Waals surface area contributed by atoms with E-state index in [9.17, 15) is 19.1 Å². The van der Waals surface area contributed by atoms with Crippen LogP contribution < -0.4 is 4.90 Å². The second kappa shape index (κ2) is 9.77. The van der Waals surface area contributed by atoms with Crippen LogP contribution in [-0.2, 0) is 15.3 Å². The Balaban J connectivity index is 1.53. The minimum atomic E-state index is -0.964. The number of nitrogens with zero attached hydrogens (tertiary/aromatic N) is 4. The first-order valence-corrected chi connectivity index (χ1v) is 12.3. The highest BCUT2D eigenvalue weighted by Crippen LogP contribution is 2.43. The molecule has 1 atom stereocenters. The quantitative estimate of drug-likeness (QED) is 0.130. The SMILES string of the molecule is O=C1C(=O)N(c2nnc(SCc3ccccc3)s2)[C@@H](c2cccnc2)C1=C(O)c1ccc(F)cc1. The molecular formula is C25H17FN4O3S2. The molecule has 0 spiro atoms. The van der Waals surface area contributed by atoms with Gasteiger partial charge in [-0.1, -0.05) is 59.5 Å². The number of thioether (sulfide) groups is 1. The molecule has 4 aromatic rings. The van der Waals surface area contributed by atoms with Crippen molar-refractivity contribution in [3.05, 3.63) is 107 Å². The summed E-state index contributed by atoms with van der Waals surface area (Å²) in [6.07, 6.45) is 3.09. The lowest BCUT2D eigenvalue weighted by molar-refractivity contribution is -0.132. The van der Waals surface area contributed by atoms with Crippen LogP contribution in [-0.4, -0.2) is 32.0 Å². The lowest BCUT2D eigenvalue weighted by Crippen LogP contribution is -2.29. The van der Waals surface area contributed by atoms with Gasteiger partial charge in [0.15, 0.2) is 4.34 Å². The first-order chi connectivity index (χ1) is 17.0. The van der Waals surface area contributed by atoms with Gasteiger partial charge in [-0.05, 0) is 41.5 Å². The summed E-state index contributed by atoms with van der Waals surface area (Å²) in [7, 11) is 0. The summed E-state index contributed by atoms with van der Waals surface area (Å²) < 4.78 is 14.0. The predicted molar refractivity (Wildman–Crippen MR) is 131 cm³/mol. The van der Waals surface area contributed by atoms with Gasteiger partial charge in [0.25, 0.3) is 5.78 Å². The number of aliphatic hydroxyl groups is 1. The second-order valence-corrected chi connectivity index (χ2v) is 9.77. The molecule has 0 bridgehead atoms. The standard InChI is InChI=1S/C25H17FN4O3S2/c26-18-10-8-16(9-11-18)21(31)19-20(17-7-4-12-27-13-17)30(23(33)22(19)32)24-28-29-25(35-24)34-14-15-5-2-1-3-6-15/h1-13,20,31H,14H2/t20-/m0/s1. The second-order valence-electron chi connectivity index (χ2n) is 7.59. The van der Waals surface area contributed by atoms with Crippen LogP contribution in [0.15, 0.2) is 89.0 Å². The number of benzene rings is 2. The number of anilines is 1. The van der Waals surface area contributed by atoms with Gasteiger partial charge in [0, 0.05) is 23.7 Å². The van der Waals surface area contributed by atoms with Crippen molar-refractivity contribution >= 4 is 45.7 Å². The fourth-order valence-electron chi connectivity index (χ4n) is 3.72. The van der Waals surface area contributed by atoms with Crippen molar-refractivity contribution < 1.29 is 19.1 Å². The Labute approximate surface area is 208 Å². The maximum atomic E-state index is 13.4. The Morgan fingerprint density at radius 3 is 2.51 bits per heavy atom. The molecular weight excluding hydrogens is 487 g/mol. The average molecular weight is 505 g/mol. The fraction of sp³-hybridized carbons (Fsp3) is 0.0800. The topological polar surface area (TPSA) is 96.3 Å². The van der Waals surface area contributed by atoms with E-state index in [2.05, 4.69) is 15.2 Å². The number of halogens is 1. The maximum absolute atomic E-state index is 13.4. The number of Topliss-reactive ketones (excluding diaryl/α,β-unsaturated/α-hetero) is 1. The van der Waals surface area contributed by atoms with E-state index in [0.717, 1.165) is 5.56 Å². The molecule has 1 aliphatic rings. The lowest BCUT2D eigenvalue weighted by Gasteiger charge is -2.22. The third-order valence-corrected chi connectivity index (χ3v) is 7.50. The number of aromatic nitrogens is 3. The van der Waals surface area contributed by atoms with Crippen molar-refractivity contribution in [3.63, 3.8) is 0 Å². The Bertz CT molecular complexity index is 1410. The zero-order valence-electron chi connectivity index (χ0n) is 18.0. The summed E-state index contributed by atoms with van der Waals surface area (Å²) in [6.45, 7) is 0. The van der Waals surface area contributed by atoms with Crippen molar-refractivity contribution in [2.75, 3.05) is 4.90 Å². The van der Waals surface area contributed by atoms with Crippen molar-refractivity contribution in [1.29, 1.82) is 0 Å². The lowest BCUT2D eigenvalue weighted by atomic mass is 9.96. The van der Waals surface area contributed by atoms with Gasteiger partial charge < -0.3 is 5.11 Å². The third-order valence-electron chi connectivity index (χ3n) is 5.37. The number of carbonyl (C=O) groups is 2. The van der Waals surface area contributed by atoms with Crippen LogP contribution in [0.1, 0.15) is 22.7 Å². The van der Waals surface area contributed by atoms with E-state index in [0.29, 0.717) is 15.7 Å². The number of rotatable bonds is 6. The van der Waals surface area contributed by atoms with Crippen molar-refractivity contribution in [3.8, 4) is 0 Å². The first kappa shape index (κ1) is 22.9. The Kier molecular flexibility index (Phi) is 6.39. The van der Waals surface area contributed by atoms with E-state index in [-0.39, 0.29) is 16.3 Å². The van der Waals surface area contributed by atoms with Crippen LogP contribution in [0.2, 0.25) is 0 Å². The molecule has 35 heavy (non-hydrogen) atoms. The zero-order chi connectivity index (χ0) is 24.4. The fourth-order valence-corrected chi connectivity index (χ4v) is 5.55. The maximum Gasteiger partial charge on any atom is 0.301 e. The molecule has 2 aromatic carbocycles. The normalized spacial score (nSPS) is 17.2. The van der Waals surface area contributed by atoms with E-state index in [1.807, 2.05) is 30.3 Å². The van der Waals surface area contributed by atoms with E-state index < -0.39 is 29.3 Å². The van der Waals surface area contributed by atoms with Gasteiger partial charge in [-0.25, -0.2) is 4.39 Å². The van der Waals surface area contributed by atoms with Gasteiger partial charge >= 0.3 is 5.91 Å². The van der Waals surface area contributed by atoms with Crippen molar-refractivity contribution in [1.82, 2.24) is 15.2 Å². The molecule has 5 rings (SSSR count). The summed E-state index contributed by atoms with van der Waals surface area (Å²) in [4.78, 5) is 31.6. The van der Waals surface area contributed by atoms with E-state index >= 15 is 0 Å². The minimum Gasteiger partial charge on any atom is -0.507 e. The molecule has 0 unspecified atom stereocenters. The molecule has 1 N–H and O–H groups in total. The smallest absolute Gasteiger partial charge is 0.301 e. The Hall–Kier alpha value is -3.89. The molecule has 1 amide bonds. The number of hydrogen-bond donors (Lipinski definition) is 1. The summed E-state index contributed by atoms with van der Waals surface area (Å²) in [5, 5.41) is 19.6. The molecule has 0 saturated carbocycles. The summed E-state index contributed by atoms with van der Waals surface area (Å²) >= 11 is 2.65. The Morgan fingerprint density at radius 2 is 1.80 bits per heavy atom. The van der Waals surface area contributed by atoms with Crippen LogP contribution >= 0.6 is 23.1 Å². The predicted octanol–water partition coefficient (Wildman–Crippen LogP) is 4.99. The first-order valence-electron chi connectivity index (χ1n) is 10.5. The molecule has 1 fully saturated rings. The molecule has 0 radical (unpaired) electrons. The average Bonchev–Trinajstić information content (AvgIpc) is 3.46. The van der Waals surface area contributed by atoms with Crippen LogP contribution in [0.5, 0.6) is 0 Å². The van der Waals surface area contributed by atoms with Gasteiger partial charge in [0.1, 0.15) is 11.6 Å². The van der Waals surface area contributed by atoms with Gasteiger partial charge in [0.05, 0.1) is 11.6 Å². The highest BCUT2D eigenvalue weighted by atomic mass is 32.2. The highest BCUT2D eigenvalue weighted by molar-refractivity contribution is 8.00. The molecule has 2 aromatic heterocycles. The monoisotopic (exact) mass is 504 g/mol. The molecule has 1 aliphatic heterocycles. The van der Waals surface area contributed by atoms with Gasteiger partial charge in [-0.15, -0.1) is 10.2 Å². The number of ketones is 1. The molecule has 10 heteroatoms. The van der Waals surface area contributed by atoms with E-state index in [1.54, 1.807) is 18.3 Å². The zero-order valence-corrected chi connectivity index (χ0v) is 19.7. The highest BCUT2D eigenvalue weighted by Gasteiger charge is 2.48. The van der Waals surface area contributed by atoms with Crippen LogP contribution in [0, 0.1) is 5.82 Å². The molecule has 0 aliphatic carbocycles. The summed E-state index contributed by atoms with van der Waals surface area (Å²) in [5.74, 6) is -1.92. The number of hydrogen-bond acceptors (Lipinski definition) is 8. The Morgan fingerprint density at radius 1 is 1.03 bits per heavy atom. The van der Waals surface area contributed by atoms with E-state index in [4.69, 9.17) is 0 Å². The third kappa shape index (κ3) is 4.58. The number of amides is 1. The van der Waals surface area contributed by atoms with Crippen LogP contribution in [0.4, 0.5) is 9.52 Å². The van der Waals surface area contributed by atoms with Gasteiger partial charge in [0.2, 0.25) is 5.13 Å². The molecule has 7 nitrogen and oxygen atoms in total. The van der Waals surface area contributed by atoms with Crippen molar-refractivity contribution in [2.24, 2.45) is 0 Å². The van der Waals surface area contributed by atoms with E-state index in [1.165, 1.54) is 58.5 Å². The van der Waals surface area contributed by atoms with Crippen LogP contribution in [0.3, 0.4) is 0 Å². The van der Waals surface area contributed by atoms with Gasteiger partial charge in [-0.2, -0.15) is 0 Å². The summed E-state index contributed by atoms with van der Waals surface area (Å²) in [5.41, 5.74) is 1.73. The number of pyridine rings is 1. The molecule has 1 saturated heterocycles. The number of aliphatic hydroxyl groups excluding tert-OH is 1.